The molecule has 134 valence electrons. The number of aromatic nitrogens is 2. The fraction of sp³-hybridized carbons (Fsp3) is 0.111. The van der Waals surface area contributed by atoms with E-state index < -0.39 is 12.0 Å². The van der Waals surface area contributed by atoms with Crippen molar-refractivity contribution < 1.29 is 18.7 Å². The van der Waals surface area contributed by atoms with Gasteiger partial charge in [0.05, 0.1) is 23.0 Å². The fourth-order valence-electron chi connectivity index (χ4n) is 2.31. The minimum atomic E-state index is -0.869. The van der Waals surface area contributed by atoms with Gasteiger partial charge in [-0.1, -0.05) is 29.3 Å². The Morgan fingerprint density at radius 3 is 2.69 bits per heavy atom. The van der Waals surface area contributed by atoms with Gasteiger partial charge in [-0.15, -0.1) is 5.10 Å². The third-order valence-electron chi connectivity index (χ3n) is 3.41. The van der Waals surface area contributed by atoms with Crippen LogP contribution in [0, 0.1) is 5.82 Å². The zero-order valence-electron chi connectivity index (χ0n) is 13.6. The summed E-state index contributed by atoms with van der Waals surface area (Å²) in [7, 11) is 0. The van der Waals surface area contributed by atoms with Crippen LogP contribution in [0.5, 0.6) is 5.88 Å². The highest BCUT2D eigenvalue weighted by molar-refractivity contribution is 6.31. The van der Waals surface area contributed by atoms with E-state index in [1.807, 2.05) is 0 Å². The number of hydrogen-bond acceptors (Lipinski definition) is 4. The smallest absolute Gasteiger partial charge is 0.434 e. The summed E-state index contributed by atoms with van der Waals surface area (Å²) in [5, 5.41) is 4.75. The molecule has 0 unspecified atom stereocenters. The molecule has 5 nitrogen and oxygen atoms in total. The second-order valence-corrected chi connectivity index (χ2v) is 6.02. The maximum Gasteiger partial charge on any atom is 0.515 e. The third kappa shape index (κ3) is 3.98. The Morgan fingerprint density at radius 2 is 2.00 bits per heavy atom. The number of nitrogens with zero attached hydrogens (tertiary/aromatic N) is 2. The van der Waals surface area contributed by atoms with Crippen molar-refractivity contribution in [2.75, 3.05) is 6.61 Å². The van der Waals surface area contributed by atoms with E-state index in [0.717, 1.165) is 0 Å². The number of benzene rings is 2. The first kappa shape index (κ1) is 18.2. The SMILES string of the molecule is CCOC(=O)Oc1cc(-c2ccc(F)c(Cl)c2)n(-c2cccc(Cl)c2)n1. The number of rotatable bonds is 4. The van der Waals surface area contributed by atoms with Crippen LogP contribution in [0.4, 0.5) is 9.18 Å². The fourth-order valence-corrected chi connectivity index (χ4v) is 2.67. The largest absolute Gasteiger partial charge is 0.515 e. The molecule has 8 heteroatoms. The zero-order valence-corrected chi connectivity index (χ0v) is 15.1. The maximum atomic E-state index is 13.5. The maximum absolute atomic E-state index is 13.5. The highest BCUT2D eigenvalue weighted by Gasteiger charge is 2.17. The lowest BCUT2D eigenvalue weighted by atomic mass is 10.1. The van der Waals surface area contributed by atoms with Gasteiger partial charge < -0.3 is 9.47 Å². The second kappa shape index (κ2) is 7.76. The summed E-state index contributed by atoms with van der Waals surface area (Å²) in [4.78, 5) is 11.6. The average Bonchev–Trinajstić information content (AvgIpc) is 3.01. The van der Waals surface area contributed by atoms with Crippen LogP contribution in [0.15, 0.2) is 48.5 Å². The standard InChI is InChI=1S/C18H13Cl2FN2O3/c1-2-25-18(24)26-17-10-16(11-6-7-15(21)14(20)8-11)23(22-17)13-5-3-4-12(19)9-13/h3-10H,2H2,1H3. The molecule has 0 bridgehead atoms. The molecule has 0 saturated carbocycles. The van der Waals surface area contributed by atoms with Gasteiger partial charge in [0.2, 0.25) is 5.88 Å². The highest BCUT2D eigenvalue weighted by atomic mass is 35.5. The summed E-state index contributed by atoms with van der Waals surface area (Å²) in [5.74, 6) is -0.508. The van der Waals surface area contributed by atoms with Crippen LogP contribution in [0.2, 0.25) is 10.0 Å². The van der Waals surface area contributed by atoms with Gasteiger partial charge in [-0.3, -0.25) is 0 Å². The van der Waals surface area contributed by atoms with Gasteiger partial charge in [0, 0.05) is 16.7 Å². The molecule has 2 aromatic carbocycles. The summed E-state index contributed by atoms with van der Waals surface area (Å²) in [6.07, 6.45) is -0.869. The lowest BCUT2D eigenvalue weighted by Gasteiger charge is -2.08. The van der Waals surface area contributed by atoms with Crippen molar-refractivity contribution >= 4 is 29.4 Å². The number of carbonyl (C=O) groups excluding carboxylic acids is 1. The lowest BCUT2D eigenvalue weighted by molar-refractivity contribution is 0.102. The van der Waals surface area contributed by atoms with Crippen molar-refractivity contribution in [1.29, 1.82) is 0 Å². The van der Waals surface area contributed by atoms with Gasteiger partial charge in [-0.05, 0) is 43.3 Å². The van der Waals surface area contributed by atoms with E-state index in [-0.39, 0.29) is 17.5 Å². The van der Waals surface area contributed by atoms with E-state index >= 15 is 0 Å². The summed E-state index contributed by atoms with van der Waals surface area (Å²) in [6, 6.07) is 12.7. The molecular weight excluding hydrogens is 382 g/mol. The summed E-state index contributed by atoms with van der Waals surface area (Å²) < 4.78 is 24.8. The topological polar surface area (TPSA) is 53.4 Å². The van der Waals surface area contributed by atoms with Crippen LogP contribution in [0.25, 0.3) is 16.9 Å². The molecule has 26 heavy (non-hydrogen) atoms. The predicted octanol–water partition coefficient (Wildman–Crippen LogP) is 5.52. The van der Waals surface area contributed by atoms with Gasteiger partial charge in [0.15, 0.2) is 0 Å². The number of halogens is 3. The lowest BCUT2D eigenvalue weighted by Crippen LogP contribution is -2.10. The number of carbonyl (C=O) groups is 1. The molecule has 1 heterocycles. The van der Waals surface area contributed by atoms with E-state index in [1.54, 1.807) is 37.3 Å². The van der Waals surface area contributed by atoms with Crippen LogP contribution in [-0.4, -0.2) is 22.5 Å². The molecule has 0 atom stereocenters. The van der Waals surface area contributed by atoms with Gasteiger partial charge in [0.1, 0.15) is 5.82 Å². The Bertz CT molecular complexity index is 959. The molecule has 3 rings (SSSR count). The van der Waals surface area contributed by atoms with Crippen LogP contribution >= 0.6 is 23.2 Å². The number of ether oxygens (including phenoxy) is 2. The highest BCUT2D eigenvalue weighted by Crippen LogP contribution is 2.30. The molecule has 0 aliphatic heterocycles. The average molecular weight is 395 g/mol. The Balaban J connectivity index is 2.09. The van der Waals surface area contributed by atoms with Crippen molar-refractivity contribution in [1.82, 2.24) is 9.78 Å². The number of hydrogen-bond donors (Lipinski definition) is 0. The van der Waals surface area contributed by atoms with Crippen LogP contribution in [-0.2, 0) is 4.74 Å². The normalized spacial score (nSPS) is 10.6. The monoisotopic (exact) mass is 394 g/mol. The molecule has 0 N–H and O–H groups in total. The van der Waals surface area contributed by atoms with E-state index in [0.29, 0.717) is 22.0 Å². The van der Waals surface area contributed by atoms with Crippen molar-refractivity contribution in [3.05, 3.63) is 64.4 Å². The van der Waals surface area contributed by atoms with Crippen LogP contribution in [0.1, 0.15) is 6.92 Å². The van der Waals surface area contributed by atoms with Gasteiger partial charge >= 0.3 is 6.16 Å². The van der Waals surface area contributed by atoms with Crippen molar-refractivity contribution in [2.24, 2.45) is 0 Å². The first-order valence-corrected chi connectivity index (χ1v) is 8.39. The van der Waals surface area contributed by atoms with Crippen molar-refractivity contribution in [2.45, 2.75) is 6.92 Å². The first-order chi connectivity index (χ1) is 12.5. The Kier molecular flexibility index (Phi) is 5.44. The minimum absolute atomic E-state index is 0.0267. The third-order valence-corrected chi connectivity index (χ3v) is 3.93. The summed E-state index contributed by atoms with van der Waals surface area (Å²) >= 11 is 11.9. The minimum Gasteiger partial charge on any atom is -0.434 e. The van der Waals surface area contributed by atoms with E-state index in [4.69, 9.17) is 32.7 Å². The van der Waals surface area contributed by atoms with E-state index in [1.165, 1.54) is 22.9 Å². The summed E-state index contributed by atoms with van der Waals surface area (Å²) in [6.45, 7) is 1.84. The van der Waals surface area contributed by atoms with Crippen molar-refractivity contribution in [3.63, 3.8) is 0 Å². The van der Waals surface area contributed by atoms with Crippen LogP contribution in [0.3, 0.4) is 0 Å². The Labute approximate surface area is 158 Å². The molecule has 1 aromatic heterocycles. The second-order valence-electron chi connectivity index (χ2n) is 5.17. The molecule has 0 radical (unpaired) electrons. The molecule has 0 amide bonds. The van der Waals surface area contributed by atoms with E-state index in [2.05, 4.69) is 5.10 Å². The molecule has 0 spiro atoms. The van der Waals surface area contributed by atoms with Gasteiger partial charge in [0.25, 0.3) is 0 Å². The zero-order chi connectivity index (χ0) is 18.7. The predicted molar refractivity (Wildman–Crippen MR) is 96.6 cm³/mol. The molecule has 0 fully saturated rings. The summed E-state index contributed by atoms with van der Waals surface area (Å²) in [5.41, 5.74) is 1.75. The molecule has 0 saturated heterocycles. The molecule has 3 aromatic rings. The van der Waals surface area contributed by atoms with Gasteiger partial charge in [-0.25, -0.2) is 13.9 Å². The molecular formula is C18H13Cl2FN2O3. The van der Waals surface area contributed by atoms with Crippen LogP contribution < -0.4 is 4.74 Å². The van der Waals surface area contributed by atoms with E-state index in [9.17, 15) is 9.18 Å². The molecule has 0 aliphatic carbocycles. The molecule has 0 aliphatic rings. The Hall–Kier alpha value is -2.57. The Morgan fingerprint density at radius 1 is 1.19 bits per heavy atom. The first-order valence-electron chi connectivity index (χ1n) is 7.64. The quantitative estimate of drug-likeness (QED) is 0.546. The van der Waals surface area contributed by atoms with Gasteiger partial charge in [-0.2, -0.15) is 0 Å². The van der Waals surface area contributed by atoms with Crippen molar-refractivity contribution in [3.8, 4) is 22.8 Å².